The summed E-state index contributed by atoms with van der Waals surface area (Å²) >= 11 is 0. The van der Waals surface area contributed by atoms with Crippen LogP contribution in [0.25, 0.3) is 0 Å². The topological polar surface area (TPSA) is 102 Å². The van der Waals surface area contributed by atoms with Crippen molar-refractivity contribution in [1.82, 2.24) is 9.47 Å². The predicted molar refractivity (Wildman–Crippen MR) is 118 cm³/mol. The Balaban J connectivity index is 1.32. The Kier molecular flexibility index (Phi) is 6.31. The number of hydrogen-bond donors (Lipinski definition) is 4. The van der Waals surface area contributed by atoms with Gasteiger partial charge in [0.2, 0.25) is 0 Å². The number of piperazine rings is 1. The van der Waals surface area contributed by atoms with Gasteiger partial charge >= 0.3 is 0 Å². The lowest BCUT2D eigenvalue weighted by atomic mass is 9.90. The van der Waals surface area contributed by atoms with Crippen molar-refractivity contribution in [3.8, 4) is 17.5 Å². The summed E-state index contributed by atoms with van der Waals surface area (Å²) in [5.74, 6) is 0.918. The molecule has 1 fully saturated rings. The van der Waals surface area contributed by atoms with Crippen LogP contribution in [0.3, 0.4) is 0 Å². The van der Waals surface area contributed by atoms with E-state index in [2.05, 4.69) is 28.9 Å². The fraction of sp³-hybridized carbons (Fsp3) is 0.565. The van der Waals surface area contributed by atoms with Gasteiger partial charge in [0.05, 0.1) is 25.0 Å². The van der Waals surface area contributed by atoms with Gasteiger partial charge in [-0.1, -0.05) is 6.07 Å². The van der Waals surface area contributed by atoms with Crippen molar-refractivity contribution in [2.75, 3.05) is 44.7 Å². The molecule has 0 bridgehead atoms. The second-order valence-electron chi connectivity index (χ2n) is 8.66. The van der Waals surface area contributed by atoms with Crippen LogP contribution < -0.4 is 9.64 Å². The molecule has 1 saturated heterocycles. The van der Waals surface area contributed by atoms with Gasteiger partial charge in [0.1, 0.15) is 5.75 Å². The minimum absolute atomic E-state index is 0.00908. The number of aryl methyl sites for hydroxylation is 1. The van der Waals surface area contributed by atoms with Crippen molar-refractivity contribution in [1.29, 1.82) is 0 Å². The quantitative estimate of drug-likeness (QED) is 0.546. The first-order chi connectivity index (χ1) is 14.9. The van der Waals surface area contributed by atoms with Gasteiger partial charge < -0.3 is 30.1 Å². The number of ether oxygens (including phenoxy) is 1. The first-order valence-electron chi connectivity index (χ1n) is 11.0. The van der Waals surface area contributed by atoms with Crippen LogP contribution in [0, 0.1) is 6.92 Å². The van der Waals surface area contributed by atoms with Crippen LogP contribution in [-0.4, -0.2) is 81.9 Å². The van der Waals surface area contributed by atoms with E-state index in [0.717, 1.165) is 50.6 Å². The monoisotopic (exact) mass is 431 g/mol. The first kappa shape index (κ1) is 21.8. The Bertz CT molecular complexity index is 887. The third-order valence-corrected chi connectivity index (χ3v) is 6.59. The maximum Gasteiger partial charge on any atom is 0.197 e. The number of hydrogen-bond acceptors (Lipinski definition) is 7. The fourth-order valence-electron chi connectivity index (χ4n) is 4.74. The van der Waals surface area contributed by atoms with Gasteiger partial charge in [0, 0.05) is 56.7 Å². The van der Waals surface area contributed by atoms with Crippen molar-refractivity contribution in [3.05, 3.63) is 34.9 Å². The highest BCUT2D eigenvalue weighted by Crippen LogP contribution is 2.39. The highest BCUT2D eigenvalue weighted by molar-refractivity contribution is 5.60. The molecule has 0 radical (unpaired) electrons. The molecule has 2 unspecified atom stereocenters. The van der Waals surface area contributed by atoms with Crippen molar-refractivity contribution < 1.29 is 25.2 Å². The van der Waals surface area contributed by atoms with E-state index in [1.165, 1.54) is 10.1 Å². The summed E-state index contributed by atoms with van der Waals surface area (Å²) < 4.78 is 7.03. The van der Waals surface area contributed by atoms with Gasteiger partial charge in [-0.3, -0.25) is 9.47 Å². The van der Waals surface area contributed by atoms with E-state index in [0.29, 0.717) is 17.7 Å². The molecule has 8 heteroatoms. The molecule has 1 aromatic heterocycles. The molecule has 0 amide bonds. The van der Waals surface area contributed by atoms with Crippen molar-refractivity contribution in [2.45, 2.75) is 44.9 Å². The normalized spacial score (nSPS) is 21.9. The van der Waals surface area contributed by atoms with E-state index in [4.69, 9.17) is 4.74 Å². The zero-order chi connectivity index (χ0) is 22.1. The second-order valence-corrected chi connectivity index (χ2v) is 8.66. The molecule has 2 aliphatic rings. The Morgan fingerprint density at radius 1 is 0.935 bits per heavy atom. The van der Waals surface area contributed by atoms with Gasteiger partial charge in [-0.15, -0.1) is 0 Å². The van der Waals surface area contributed by atoms with Gasteiger partial charge in [0.15, 0.2) is 11.8 Å². The molecule has 1 aliphatic carbocycles. The molecule has 8 nitrogen and oxygen atoms in total. The number of methoxy groups -OCH3 is 1. The number of anilines is 1. The third kappa shape index (κ3) is 4.33. The fourth-order valence-corrected chi connectivity index (χ4v) is 4.74. The number of rotatable bonds is 6. The molecule has 170 valence electrons. The van der Waals surface area contributed by atoms with Crippen molar-refractivity contribution in [3.63, 3.8) is 0 Å². The number of aromatic hydroxyl groups is 2. The van der Waals surface area contributed by atoms with Gasteiger partial charge in [-0.05, 0) is 37.6 Å². The zero-order valence-electron chi connectivity index (χ0n) is 18.3. The summed E-state index contributed by atoms with van der Waals surface area (Å²) in [6, 6.07) is 6.25. The predicted octanol–water partition coefficient (Wildman–Crippen LogP) is 1.25. The summed E-state index contributed by atoms with van der Waals surface area (Å²) in [7, 11) is 1.70. The van der Waals surface area contributed by atoms with Gasteiger partial charge in [-0.25, -0.2) is 0 Å². The molecule has 4 rings (SSSR count). The largest absolute Gasteiger partial charge is 0.495 e. The zero-order valence-corrected chi connectivity index (χ0v) is 18.3. The van der Waals surface area contributed by atoms with Crippen LogP contribution in [0.15, 0.2) is 18.2 Å². The number of fused-ring (bicyclic) bond motifs is 1. The molecule has 2 heterocycles. The molecule has 0 spiro atoms. The molecule has 4 N–H and O–H groups in total. The maximum absolute atomic E-state index is 10.5. The van der Waals surface area contributed by atoms with Crippen LogP contribution >= 0.6 is 0 Å². The number of benzene rings is 1. The standard InChI is InChI=1S/C23H33N3O5/c1-15-4-5-21(31-2)18(12-15)25-10-8-24(9-11-25)6-3-7-26-22(29)16-13-19(27)20(28)14-17(16)23(26)30/h4-5,12,19-20,27-30H,3,6-11,13-14H2,1-2H3. The molecule has 1 aromatic carbocycles. The SMILES string of the molecule is COc1ccc(C)cc1N1CCN(CCCn2c(O)c3c(c2O)CC(O)C(O)C3)CC1. The van der Waals surface area contributed by atoms with Crippen molar-refractivity contribution >= 4 is 5.69 Å². The summed E-state index contributed by atoms with van der Waals surface area (Å²) in [6.07, 6.45) is -0.706. The number of nitrogens with zero attached hydrogens (tertiary/aromatic N) is 3. The Hall–Kier alpha value is -2.42. The highest BCUT2D eigenvalue weighted by Gasteiger charge is 2.33. The molecule has 2 atom stereocenters. The lowest BCUT2D eigenvalue weighted by molar-refractivity contribution is 0.0136. The Morgan fingerprint density at radius 2 is 1.55 bits per heavy atom. The van der Waals surface area contributed by atoms with Crippen LogP contribution in [0.4, 0.5) is 5.69 Å². The highest BCUT2D eigenvalue weighted by atomic mass is 16.5. The molecule has 1 aliphatic heterocycles. The van der Waals surface area contributed by atoms with Crippen LogP contribution in [0.5, 0.6) is 17.5 Å². The van der Waals surface area contributed by atoms with Crippen molar-refractivity contribution in [2.24, 2.45) is 0 Å². The van der Waals surface area contributed by atoms with E-state index in [1.54, 1.807) is 7.11 Å². The van der Waals surface area contributed by atoms with E-state index in [1.807, 2.05) is 6.07 Å². The number of aliphatic hydroxyl groups excluding tert-OH is 2. The first-order valence-corrected chi connectivity index (χ1v) is 11.0. The molecule has 0 saturated carbocycles. The van der Waals surface area contributed by atoms with E-state index in [-0.39, 0.29) is 24.6 Å². The van der Waals surface area contributed by atoms with Crippen LogP contribution in [0.2, 0.25) is 0 Å². The smallest absolute Gasteiger partial charge is 0.197 e. The third-order valence-electron chi connectivity index (χ3n) is 6.59. The molecule has 2 aromatic rings. The summed E-state index contributed by atoms with van der Waals surface area (Å²) in [5.41, 5.74) is 3.46. The summed E-state index contributed by atoms with van der Waals surface area (Å²) in [5, 5.41) is 40.8. The molecule has 31 heavy (non-hydrogen) atoms. The van der Waals surface area contributed by atoms with E-state index < -0.39 is 12.2 Å². The summed E-state index contributed by atoms with van der Waals surface area (Å²) in [4.78, 5) is 4.75. The molecular formula is C23H33N3O5. The van der Waals surface area contributed by atoms with E-state index in [9.17, 15) is 20.4 Å². The van der Waals surface area contributed by atoms with Gasteiger partial charge in [0.25, 0.3) is 0 Å². The lowest BCUT2D eigenvalue weighted by Gasteiger charge is -2.36. The maximum atomic E-state index is 10.5. The average molecular weight is 432 g/mol. The minimum atomic E-state index is -0.906. The second kappa shape index (κ2) is 8.98. The van der Waals surface area contributed by atoms with E-state index >= 15 is 0 Å². The average Bonchev–Trinajstić information content (AvgIpc) is 2.99. The Labute approximate surface area is 182 Å². The number of aromatic nitrogens is 1. The Morgan fingerprint density at radius 3 is 2.13 bits per heavy atom. The minimum Gasteiger partial charge on any atom is -0.495 e. The summed E-state index contributed by atoms with van der Waals surface area (Å²) in [6.45, 7) is 7.16. The van der Waals surface area contributed by atoms with Gasteiger partial charge in [-0.2, -0.15) is 0 Å². The number of aliphatic hydroxyl groups is 2. The van der Waals surface area contributed by atoms with Crippen LogP contribution in [0.1, 0.15) is 23.1 Å². The van der Waals surface area contributed by atoms with Crippen LogP contribution in [-0.2, 0) is 19.4 Å². The molecular weight excluding hydrogens is 398 g/mol. The lowest BCUT2D eigenvalue weighted by Crippen LogP contribution is -2.46.